The molecule has 0 aromatic heterocycles. The first-order valence-electron chi connectivity index (χ1n) is 9.34. The molecule has 2 amide bonds. The summed E-state index contributed by atoms with van der Waals surface area (Å²) in [5, 5.41) is -0.495. The van der Waals surface area contributed by atoms with Crippen molar-refractivity contribution in [1.29, 1.82) is 0 Å². The number of ether oxygens (including phenoxy) is 2. The molecule has 0 spiro atoms. The average Bonchev–Trinajstić information content (AvgIpc) is 2.95. The van der Waals surface area contributed by atoms with E-state index < -0.39 is 23.7 Å². The molecule has 0 bridgehead atoms. The summed E-state index contributed by atoms with van der Waals surface area (Å²) in [6, 6.07) is 13.2. The second-order valence-electron chi connectivity index (χ2n) is 6.91. The molecule has 31 heavy (non-hydrogen) atoms. The van der Waals surface area contributed by atoms with E-state index in [-0.39, 0.29) is 11.0 Å². The third kappa shape index (κ3) is 6.44. The minimum Gasteiger partial charge on any atom is -0.488 e. The van der Waals surface area contributed by atoms with Crippen LogP contribution in [0.25, 0.3) is 6.08 Å². The van der Waals surface area contributed by atoms with Crippen molar-refractivity contribution in [3.05, 3.63) is 67.4 Å². The smallest absolute Gasteiger partial charge is 0.326 e. The number of imide groups is 1. The predicted octanol–water partition coefficient (Wildman–Crippen LogP) is 5.78. The Morgan fingerprint density at radius 3 is 2.48 bits per heavy atom. The maximum absolute atomic E-state index is 12.5. The molecule has 0 aliphatic carbocycles. The number of nitrogens with zero attached hydrogens (tertiary/aromatic N) is 1. The van der Waals surface area contributed by atoms with Crippen LogP contribution in [0.4, 0.5) is 4.79 Å². The zero-order chi connectivity index (χ0) is 22.5. The summed E-state index contributed by atoms with van der Waals surface area (Å²) in [6.07, 6.45) is 1.30. The van der Waals surface area contributed by atoms with E-state index in [2.05, 4.69) is 31.9 Å². The van der Waals surface area contributed by atoms with E-state index in [9.17, 15) is 14.4 Å². The summed E-state index contributed by atoms with van der Waals surface area (Å²) < 4.78 is 12.6. The second-order valence-corrected chi connectivity index (χ2v) is 9.67. The highest BCUT2D eigenvalue weighted by Gasteiger charge is 2.36. The monoisotopic (exact) mass is 567 g/mol. The van der Waals surface area contributed by atoms with Gasteiger partial charge in [0.05, 0.1) is 15.5 Å². The average molecular weight is 569 g/mol. The number of hydrogen-bond donors (Lipinski definition) is 0. The van der Waals surface area contributed by atoms with Crippen molar-refractivity contribution < 1.29 is 23.9 Å². The van der Waals surface area contributed by atoms with Gasteiger partial charge in [0.25, 0.3) is 11.1 Å². The van der Waals surface area contributed by atoms with Gasteiger partial charge in [-0.1, -0.05) is 34.1 Å². The van der Waals surface area contributed by atoms with Crippen molar-refractivity contribution in [3.8, 4) is 5.75 Å². The van der Waals surface area contributed by atoms with Crippen LogP contribution in [0.3, 0.4) is 0 Å². The molecular formula is C22H19Br2NO5S. The van der Waals surface area contributed by atoms with Gasteiger partial charge < -0.3 is 9.47 Å². The molecule has 0 N–H and O–H groups in total. The number of thioether (sulfide) groups is 1. The Morgan fingerprint density at radius 2 is 1.84 bits per heavy atom. The van der Waals surface area contributed by atoms with Crippen LogP contribution in [-0.4, -0.2) is 34.7 Å². The minimum atomic E-state index is -0.617. The van der Waals surface area contributed by atoms with Crippen LogP contribution >= 0.6 is 43.6 Å². The Balaban J connectivity index is 1.67. The number of esters is 1. The molecule has 0 unspecified atom stereocenters. The van der Waals surface area contributed by atoms with Gasteiger partial charge in [0.15, 0.2) is 0 Å². The van der Waals surface area contributed by atoms with Crippen molar-refractivity contribution in [2.45, 2.75) is 26.6 Å². The minimum absolute atomic E-state index is 0.248. The highest BCUT2D eigenvalue weighted by Crippen LogP contribution is 2.34. The van der Waals surface area contributed by atoms with Crippen LogP contribution in [-0.2, 0) is 20.9 Å². The molecule has 0 atom stereocenters. The third-order valence-corrected chi connectivity index (χ3v) is 6.15. The van der Waals surface area contributed by atoms with Crippen LogP contribution in [0.15, 0.2) is 56.3 Å². The molecule has 6 nitrogen and oxygen atoms in total. The van der Waals surface area contributed by atoms with Gasteiger partial charge in [-0.05, 0) is 83.0 Å². The first-order chi connectivity index (χ1) is 14.7. The Morgan fingerprint density at radius 1 is 1.13 bits per heavy atom. The number of amides is 2. The fourth-order valence-electron chi connectivity index (χ4n) is 2.68. The lowest BCUT2D eigenvalue weighted by Crippen LogP contribution is -2.35. The maximum Gasteiger partial charge on any atom is 0.326 e. The Labute approximate surface area is 201 Å². The number of carbonyl (C=O) groups excluding carboxylic acids is 3. The molecule has 162 valence electrons. The van der Waals surface area contributed by atoms with Gasteiger partial charge in [-0.3, -0.25) is 19.3 Å². The first kappa shape index (κ1) is 23.6. The van der Waals surface area contributed by atoms with Gasteiger partial charge in [-0.2, -0.15) is 0 Å². The highest BCUT2D eigenvalue weighted by molar-refractivity contribution is 9.10. The molecule has 1 saturated heterocycles. The predicted molar refractivity (Wildman–Crippen MR) is 127 cm³/mol. The van der Waals surface area contributed by atoms with Gasteiger partial charge in [0.1, 0.15) is 18.9 Å². The number of carbonyl (C=O) groups is 3. The van der Waals surface area contributed by atoms with Crippen LogP contribution in [0.1, 0.15) is 25.0 Å². The zero-order valence-corrected chi connectivity index (χ0v) is 20.8. The Hall–Kier alpha value is -2.10. The SMILES string of the molecule is CC(C)OC(=O)CN1C(=O)S/C(=C/c2ccc(OCc3ccc(Br)cc3)c(Br)c2)C1=O. The van der Waals surface area contributed by atoms with E-state index in [4.69, 9.17) is 9.47 Å². The molecule has 9 heteroatoms. The second kappa shape index (κ2) is 10.5. The summed E-state index contributed by atoms with van der Waals surface area (Å²) in [7, 11) is 0. The normalized spacial score (nSPS) is 15.1. The van der Waals surface area contributed by atoms with Gasteiger partial charge in [-0.25, -0.2) is 0 Å². The molecule has 1 heterocycles. The van der Waals surface area contributed by atoms with Crippen molar-refractivity contribution in [1.82, 2.24) is 4.90 Å². The van der Waals surface area contributed by atoms with Crippen LogP contribution in [0.2, 0.25) is 0 Å². The Kier molecular flexibility index (Phi) is 7.96. The van der Waals surface area contributed by atoms with Crippen molar-refractivity contribution in [3.63, 3.8) is 0 Å². The van der Waals surface area contributed by atoms with E-state index in [1.165, 1.54) is 0 Å². The van der Waals surface area contributed by atoms with Crippen LogP contribution < -0.4 is 4.74 Å². The lowest BCUT2D eigenvalue weighted by atomic mass is 10.2. The van der Waals surface area contributed by atoms with E-state index in [1.54, 1.807) is 38.1 Å². The zero-order valence-electron chi connectivity index (χ0n) is 16.8. The van der Waals surface area contributed by atoms with E-state index >= 15 is 0 Å². The van der Waals surface area contributed by atoms with Crippen molar-refractivity contribution in [2.75, 3.05) is 6.54 Å². The van der Waals surface area contributed by atoms with Gasteiger partial charge in [0.2, 0.25) is 0 Å². The van der Waals surface area contributed by atoms with E-state index in [0.29, 0.717) is 12.4 Å². The highest BCUT2D eigenvalue weighted by atomic mass is 79.9. The quantitative estimate of drug-likeness (QED) is 0.311. The van der Waals surface area contributed by atoms with Crippen LogP contribution in [0.5, 0.6) is 5.75 Å². The summed E-state index contributed by atoms with van der Waals surface area (Å²) in [6.45, 7) is 3.43. The molecule has 0 radical (unpaired) electrons. The van der Waals surface area contributed by atoms with Crippen molar-refractivity contribution in [2.24, 2.45) is 0 Å². The molecule has 1 fully saturated rings. The Bertz CT molecular complexity index is 1040. The van der Waals surface area contributed by atoms with E-state index in [1.807, 2.05) is 24.3 Å². The number of hydrogen-bond acceptors (Lipinski definition) is 6. The largest absolute Gasteiger partial charge is 0.488 e. The van der Waals surface area contributed by atoms with Gasteiger partial charge in [0, 0.05) is 4.47 Å². The summed E-state index contributed by atoms with van der Waals surface area (Å²) >= 11 is 7.68. The summed E-state index contributed by atoms with van der Waals surface area (Å²) in [5.74, 6) is -0.472. The van der Waals surface area contributed by atoms with Crippen LogP contribution in [0, 0.1) is 0 Å². The molecule has 3 rings (SSSR count). The van der Waals surface area contributed by atoms with Gasteiger partial charge in [-0.15, -0.1) is 0 Å². The summed E-state index contributed by atoms with van der Waals surface area (Å²) in [4.78, 5) is 37.7. The number of halogens is 2. The number of benzene rings is 2. The third-order valence-electron chi connectivity index (χ3n) is 4.09. The van der Waals surface area contributed by atoms with Crippen molar-refractivity contribution >= 4 is 66.8 Å². The molecule has 1 aliphatic rings. The lowest BCUT2D eigenvalue weighted by molar-refractivity contribution is -0.149. The van der Waals surface area contributed by atoms with E-state index in [0.717, 1.165) is 36.7 Å². The molecule has 1 aliphatic heterocycles. The number of rotatable bonds is 7. The molecule has 0 saturated carbocycles. The maximum atomic E-state index is 12.5. The first-order valence-corrected chi connectivity index (χ1v) is 11.7. The molecular weight excluding hydrogens is 550 g/mol. The fraction of sp³-hybridized carbons (Fsp3) is 0.227. The molecule has 2 aromatic carbocycles. The summed E-state index contributed by atoms with van der Waals surface area (Å²) in [5.41, 5.74) is 1.75. The van der Waals surface area contributed by atoms with Gasteiger partial charge >= 0.3 is 5.97 Å². The topological polar surface area (TPSA) is 72.9 Å². The standard InChI is InChI=1S/C22H19Br2NO5S/c1-13(2)30-20(26)11-25-21(27)19(31-22(25)28)10-15-5-8-18(17(24)9-15)29-12-14-3-6-16(23)7-4-14/h3-10,13H,11-12H2,1-2H3/b19-10+. The molecule has 2 aromatic rings. The fourth-order valence-corrected chi connectivity index (χ4v) is 4.30. The lowest BCUT2D eigenvalue weighted by Gasteiger charge is -2.13.